The lowest BCUT2D eigenvalue weighted by Gasteiger charge is -2.14. The first-order valence-corrected chi connectivity index (χ1v) is 6.04. The highest BCUT2D eigenvalue weighted by Crippen LogP contribution is 2.13. The maximum atomic E-state index is 11.6. The van der Waals surface area contributed by atoms with Gasteiger partial charge in [-0.05, 0) is 30.7 Å². The summed E-state index contributed by atoms with van der Waals surface area (Å²) < 4.78 is 0. The van der Waals surface area contributed by atoms with E-state index in [2.05, 4.69) is 10.6 Å². The third-order valence-electron chi connectivity index (χ3n) is 2.35. The molecular formula is C12H13ClN2O5. The van der Waals surface area contributed by atoms with Gasteiger partial charge in [-0.25, -0.2) is 9.59 Å². The molecule has 0 spiro atoms. The Morgan fingerprint density at radius 1 is 1.15 bits per heavy atom. The molecule has 20 heavy (non-hydrogen) atoms. The van der Waals surface area contributed by atoms with Crippen molar-refractivity contribution < 1.29 is 24.6 Å². The molecule has 0 aliphatic rings. The molecular weight excluding hydrogens is 288 g/mol. The maximum Gasteiger partial charge on any atom is 0.326 e. The second-order valence-electron chi connectivity index (χ2n) is 3.93. The summed E-state index contributed by atoms with van der Waals surface area (Å²) in [6, 6.07) is 4.24. The van der Waals surface area contributed by atoms with E-state index < -0.39 is 24.0 Å². The molecule has 1 aromatic carbocycles. The molecule has 108 valence electrons. The highest BCUT2D eigenvalue weighted by Gasteiger charge is 2.20. The molecule has 1 aromatic rings. The van der Waals surface area contributed by atoms with Crippen LogP contribution in [0.4, 0.5) is 10.5 Å². The number of carbonyl (C=O) groups excluding carboxylic acids is 1. The molecule has 0 radical (unpaired) electrons. The summed E-state index contributed by atoms with van der Waals surface area (Å²) in [4.78, 5) is 32.9. The van der Waals surface area contributed by atoms with Gasteiger partial charge in [0.25, 0.3) is 0 Å². The van der Waals surface area contributed by atoms with Crippen LogP contribution < -0.4 is 10.6 Å². The summed E-state index contributed by atoms with van der Waals surface area (Å²) in [5.74, 6) is -2.42. The van der Waals surface area contributed by atoms with Crippen molar-refractivity contribution in [3.8, 4) is 0 Å². The van der Waals surface area contributed by atoms with Gasteiger partial charge in [0, 0.05) is 17.1 Å². The van der Waals surface area contributed by atoms with Crippen molar-refractivity contribution in [1.29, 1.82) is 0 Å². The molecule has 0 aliphatic carbocycles. The minimum Gasteiger partial charge on any atom is -0.481 e. The lowest BCUT2D eigenvalue weighted by atomic mass is 10.1. The number of benzene rings is 1. The van der Waals surface area contributed by atoms with E-state index in [1.165, 1.54) is 0 Å². The molecule has 1 unspecified atom stereocenters. The minimum absolute atomic E-state index is 0.196. The molecule has 1 atom stereocenters. The van der Waals surface area contributed by atoms with Crippen molar-refractivity contribution >= 4 is 35.3 Å². The van der Waals surface area contributed by atoms with Crippen LogP contribution in [0.5, 0.6) is 0 Å². The van der Waals surface area contributed by atoms with Gasteiger partial charge in [0.05, 0.1) is 0 Å². The van der Waals surface area contributed by atoms with Crippen LogP contribution in [0, 0.1) is 0 Å². The number of carboxylic acid groups (broad SMARTS) is 2. The molecule has 7 nitrogen and oxygen atoms in total. The largest absolute Gasteiger partial charge is 0.481 e. The molecule has 2 amide bonds. The number of urea groups is 1. The van der Waals surface area contributed by atoms with Gasteiger partial charge in [-0.3, -0.25) is 4.79 Å². The number of aliphatic carboxylic acids is 2. The van der Waals surface area contributed by atoms with Crippen LogP contribution in [0.15, 0.2) is 24.3 Å². The Balaban J connectivity index is 2.55. The third-order valence-corrected chi connectivity index (χ3v) is 2.60. The van der Waals surface area contributed by atoms with E-state index in [0.717, 1.165) is 0 Å². The molecule has 0 heterocycles. The molecule has 8 heteroatoms. The fourth-order valence-corrected chi connectivity index (χ4v) is 1.51. The van der Waals surface area contributed by atoms with Crippen molar-refractivity contribution in [1.82, 2.24) is 5.32 Å². The Hall–Kier alpha value is -2.28. The van der Waals surface area contributed by atoms with Crippen molar-refractivity contribution in [3.63, 3.8) is 0 Å². The number of rotatable bonds is 6. The summed E-state index contributed by atoms with van der Waals surface area (Å²) in [6.07, 6.45) is -0.545. The van der Waals surface area contributed by atoms with Gasteiger partial charge in [-0.15, -0.1) is 0 Å². The molecule has 0 saturated heterocycles. The molecule has 0 fully saturated rings. The monoisotopic (exact) mass is 300 g/mol. The van der Waals surface area contributed by atoms with Crippen LogP contribution in [-0.4, -0.2) is 34.2 Å². The van der Waals surface area contributed by atoms with E-state index in [0.29, 0.717) is 10.7 Å². The number of hydrogen-bond donors (Lipinski definition) is 4. The van der Waals surface area contributed by atoms with Crippen LogP contribution in [0.1, 0.15) is 12.8 Å². The quantitative estimate of drug-likeness (QED) is 0.639. The molecule has 0 aliphatic heterocycles. The van der Waals surface area contributed by atoms with Crippen molar-refractivity contribution in [2.24, 2.45) is 0 Å². The van der Waals surface area contributed by atoms with Crippen LogP contribution in [0.2, 0.25) is 5.02 Å². The summed E-state index contributed by atoms with van der Waals surface area (Å²) in [5, 5.41) is 22.5. The van der Waals surface area contributed by atoms with Gasteiger partial charge in [0.2, 0.25) is 0 Å². The van der Waals surface area contributed by atoms with E-state index in [-0.39, 0.29) is 12.8 Å². The first-order valence-electron chi connectivity index (χ1n) is 5.66. The third kappa shape index (κ3) is 5.57. The Morgan fingerprint density at radius 2 is 1.75 bits per heavy atom. The number of amides is 2. The summed E-state index contributed by atoms with van der Waals surface area (Å²) in [7, 11) is 0. The predicted octanol–water partition coefficient (Wildman–Crippen LogP) is 1.78. The Morgan fingerprint density at radius 3 is 2.25 bits per heavy atom. The zero-order chi connectivity index (χ0) is 15.1. The highest BCUT2D eigenvalue weighted by molar-refractivity contribution is 6.30. The zero-order valence-corrected chi connectivity index (χ0v) is 11.1. The second kappa shape index (κ2) is 7.34. The lowest BCUT2D eigenvalue weighted by Crippen LogP contribution is -2.43. The Bertz CT molecular complexity index is 503. The predicted molar refractivity (Wildman–Crippen MR) is 71.9 cm³/mol. The number of carboxylic acids is 2. The van der Waals surface area contributed by atoms with Crippen LogP contribution in [-0.2, 0) is 9.59 Å². The van der Waals surface area contributed by atoms with Crippen LogP contribution in [0.25, 0.3) is 0 Å². The highest BCUT2D eigenvalue weighted by atomic mass is 35.5. The van der Waals surface area contributed by atoms with Gasteiger partial charge in [0.1, 0.15) is 6.04 Å². The van der Waals surface area contributed by atoms with Gasteiger partial charge < -0.3 is 20.8 Å². The molecule has 4 N–H and O–H groups in total. The number of hydrogen-bond acceptors (Lipinski definition) is 3. The average molecular weight is 301 g/mol. The number of carbonyl (C=O) groups is 3. The van der Waals surface area contributed by atoms with Crippen molar-refractivity contribution in [3.05, 3.63) is 29.3 Å². The van der Waals surface area contributed by atoms with Gasteiger partial charge in [-0.1, -0.05) is 11.6 Å². The fourth-order valence-electron chi connectivity index (χ4n) is 1.38. The Labute approximate surface area is 119 Å². The molecule has 0 saturated carbocycles. The number of halogens is 1. The average Bonchev–Trinajstić information content (AvgIpc) is 2.36. The lowest BCUT2D eigenvalue weighted by molar-refractivity contribution is -0.140. The van der Waals surface area contributed by atoms with E-state index in [9.17, 15) is 14.4 Å². The van der Waals surface area contributed by atoms with Crippen molar-refractivity contribution in [2.75, 3.05) is 5.32 Å². The van der Waals surface area contributed by atoms with E-state index in [4.69, 9.17) is 21.8 Å². The van der Waals surface area contributed by atoms with Gasteiger partial charge >= 0.3 is 18.0 Å². The standard InChI is InChI=1S/C12H13ClN2O5/c13-7-1-3-8(4-2-7)14-12(20)15-9(11(18)19)5-6-10(16)17/h1-4,9H,5-6H2,(H,16,17)(H,18,19)(H2,14,15,20). The smallest absolute Gasteiger partial charge is 0.326 e. The van der Waals surface area contributed by atoms with Crippen LogP contribution >= 0.6 is 11.6 Å². The normalized spacial score (nSPS) is 11.4. The Kier molecular flexibility index (Phi) is 5.79. The first-order chi connectivity index (χ1) is 9.38. The first kappa shape index (κ1) is 15.8. The molecule has 0 bridgehead atoms. The van der Waals surface area contributed by atoms with Gasteiger partial charge in [-0.2, -0.15) is 0 Å². The van der Waals surface area contributed by atoms with Gasteiger partial charge in [0.15, 0.2) is 0 Å². The molecule has 0 aromatic heterocycles. The van der Waals surface area contributed by atoms with E-state index in [1.54, 1.807) is 24.3 Å². The fraction of sp³-hybridized carbons (Fsp3) is 0.250. The van der Waals surface area contributed by atoms with Crippen LogP contribution in [0.3, 0.4) is 0 Å². The number of nitrogens with one attached hydrogen (secondary N) is 2. The van der Waals surface area contributed by atoms with E-state index in [1.807, 2.05) is 0 Å². The van der Waals surface area contributed by atoms with Crippen molar-refractivity contribution in [2.45, 2.75) is 18.9 Å². The number of anilines is 1. The summed E-state index contributed by atoms with van der Waals surface area (Å²) in [5.41, 5.74) is 0.439. The SMILES string of the molecule is O=C(O)CCC(NC(=O)Nc1ccc(Cl)cc1)C(=O)O. The molecule has 1 rings (SSSR count). The summed E-state index contributed by atoms with van der Waals surface area (Å²) in [6.45, 7) is 0. The minimum atomic E-state index is -1.29. The maximum absolute atomic E-state index is 11.6. The zero-order valence-electron chi connectivity index (χ0n) is 10.3. The topological polar surface area (TPSA) is 116 Å². The second-order valence-corrected chi connectivity index (χ2v) is 4.37. The summed E-state index contributed by atoms with van der Waals surface area (Å²) >= 11 is 5.68. The van der Waals surface area contributed by atoms with E-state index >= 15 is 0 Å².